The van der Waals surface area contributed by atoms with Crippen LogP contribution in [-0.4, -0.2) is 53.2 Å². The van der Waals surface area contributed by atoms with Crippen LogP contribution in [0.5, 0.6) is 34.5 Å². The molecule has 2 aromatic rings. The lowest BCUT2D eigenvalue weighted by molar-refractivity contribution is -0.135. The fourth-order valence-electron chi connectivity index (χ4n) is 3.58. The van der Waals surface area contributed by atoms with E-state index in [1.165, 1.54) is 14.2 Å². The van der Waals surface area contributed by atoms with Crippen molar-refractivity contribution in [3.8, 4) is 34.5 Å². The van der Waals surface area contributed by atoms with Gasteiger partial charge in [0, 0.05) is 11.5 Å². The van der Waals surface area contributed by atoms with Crippen LogP contribution in [-0.2, 0) is 16.0 Å². The fourth-order valence-corrected chi connectivity index (χ4v) is 3.58. The third-order valence-electron chi connectivity index (χ3n) is 5.12. The lowest BCUT2D eigenvalue weighted by Crippen LogP contribution is -2.08. The molecule has 1 fully saturated rings. The second kappa shape index (κ2) is 9.51. The van der Waals surface area contributed by atoms with Gasteiger partial charge in [0.05, 0.1) is 42.2 Å². The Bertz CT molecular complexity index is 945. The highest BCUT2D eigenvalue weighted by Crippen LogP contribution is 2.41. The Labute approximate surface area is 180 Å². The SMILES string of the molecule is COc1cc(/C=C2/C(=O)OC[C@H]2Cc2cc(OC)c(OC)c(OC)c2)cc(OC)c1O. The molecule has 1 atom stereocenters. The van der Waals surface area contributed by atoms with Gasteiger partial charge in [0.1, 0.15) is 0 Å². The molecule has 0 aromatic heterocycles. The number of rotatable bonds is 8. The Balaban J connectivity index is 1.96. The number of benzene rings is 2. The minimum absolute atomic E-state index is 0.102. The maximum atomic E-state index is 12.4. The third kappa shape index (κ3) is 4.47. The molecule has 0 amide bonds. The monoisotopic (exact) mass is 430 g/mol. The molecule has 1 aliphatic rings. The summed E-state index contributed by atoms with van der Waals surface area (Å²) >= 11 is 0. The third-order valence-corrected chi connectivity index (χ3v) is 5.12. The van der Waals surface area contributed by atoms with E-state index in [9.17, 15) is 9.90 Å². The molecule has 0 aliphatic carbocycles. The van der Waals surface area contributed by atoms with Gasteiger partial charge < -0.3 is 33.5 Å². The topological polar surface area (TPSA) is 92.7 Å². The minimum Gasteiger partial charge on any atom is -0.502 e. The minimum atomic E-state index is -0.386. The van der Waals surface area contributed by atoms with Crippen molar-refractivity contribution < 1.29 is 38.3 Å². The molecule has 8 nitrogen and oxygen atoms in total. The van der Waals surface area contributed by atoms with E-state index in [-0.39, 0.29) is 35.7 Å². The molecule has 0 spiro atoms. The van der Waals surface area contributed by atoms with Gasteiger partial charge in [-0.3, -0.25) is 0 Å². The zero-order valence-corrected chi connectivity index (χ0v) is 18.2. The standard InChI is InChI=1S/C23H26O8/c1-26-17-8-14(9-18(27-2)21(17)24)7-16-15(12-31-23(16)25)6-13-10-19(28-3)22(30-5)20(11-13)29-4/h7-11,15,24H,6,12H2,1-5H3/b16-7+/t15-/m1/s1. The molecule has 1 aliphatic heterocycles. The van der Waals surface area contributed by atoms with E-state index in [0.717, 1.165) is 5.56 Å². The Morgan fingerprint density at radius 1 is 0.903 bits per heavy atom. The zero-order chi connectivity index (χ0) is 22.5. The smallest absolute Gasteiger partial charge is 0.334 e. The van der Waals surface area contributed by atoms with Crippen molar-refractivity contribution in [3.63, 3.8) is 0 Å². The summed E-state index contributed by atoms with van der Waals surface area (Å²) < 4.78 is 31.9. The number of esters is 1. The van der Waals surface area contributed by atoms with Crippen molar-refractivity contribution in [1.29, 1.82) is 0 Å². The van der Waals surface area contributed by atoms with Crippen LogP contribution in [0, 0.1) is 5.92 Å². The van der Waals surface area contributed by atoms with E-state index in [1.54, 1.807) is 39.5 Å². The maximum absolute atomic E-state index is 12.4. The van der Waals surface area contributed by atoms with Crippen LogP contribution in [0.3, 0.4) is 0 Å². The normalized spacial score (nSPS) is 16.7. The summed E-state index contributed by atoms with van der Waals surface area (Å²) in [6.07, 6.45) is 2.25. The molecule has 1 N–H and O–H groups in total. The molecule has 0 radical (unpaired) electrons. The molecule has 166 valence electrons. The van der Waals surface area contributed by atoms with Crippen molar-refractivity contribution in [3.05, 3.63) is 41.0 Å². The van der Waals surface area contributed by atoms with Crippen molar-refractivity contribution in [2.24, 2.45) is 5.92 Å². The quantitative estimate of drug-likeness (QED) is 0.504. The Morgan fingerprint density at radius 3 is 1.94 bits per heavy atom. The molecular formula is C23H26O8. The number of hydrogen-bond donors (Lipinski definition) is 1. The molecule has 0 bridgehead atoms. The van der Waals surface area contributed by atoms with Gasteiger partial charge in [-0.25, -0.2) is 4.79 Å². The predicted octanol–water partition coefficient (Wildman–Crippen LogP) is 3.23. The molecule has 8 heteroatoms. The first-order valence-corrected chi connectivity index (χ1v) is 9.58. The van der Waals surface area contributed by atoms with Crippen LogP contribution < -0.4 is 23.7 Å². The first kappa shape index (κ1) is 22.1. The summed E-state index contributed by atoms with van der Waals surface area (Å²) in [6.45, 7) is 0.258. The second-order valence-electron chi connectivity index (χ2n) is 6.91. The largest absolute Gasteiger partial charge is 0.502 e. The van der Waals surface area contributed by atoms with Crippen LogP contribution in [0.25, 0.3) is 6.08 Å². The van der Waals surface area contributed by atoms with Crippen LogP contribution in [0.4, 0.5) is 0 Å². The maximum Gasteiger partial charge on any atom is 0.334 e. The predicted molar refractivity (Wildman–Crippen MR) is 113 cm³/mol. The molecule has 0 saturated carbocycles. The molecule has 31 heavy (non-hydrogen) atoms. The number of carbonyl (C=O) groups is 1. The van der Waals surface area contributed by atoms with Gasteiger partial charge in [-0.15, -0.1) is 0 Å². The van der Waals surface area contributed by atoms with Crippen LogP contribution in [0.15, 0.2) is 29.8 Å². The van der Waals surface area contributed by atoms with Gasteiger partial charge in [-0.1, -0.05) is 0 Å². The average molecular weight is 430 g/mol. The van der Waals surface area contributed by atoms with Gasteiger partial charge in [-0.05, 0) is 47.9 Å². The average Bonchev–Trinajstić information content (AvgIpc) is 3.12. The Morgan fingerprint density at radius 2 is 1.45 bits per heavy atom. The summed E-state index contributed by atoms with van der Waals surface area (Å²) in [5, 5.41) is 10.1. The second-order valence-corrected chi connectivity index (χ2v) is 6.91. The summed E-state index contributed by atoms with van der Waals surface area (Å²) in [7, 11) is 7.55. The van der Waals surface area contributed by atoms with E-state index in [0.29, 0.717) is 34.8 Å². The van der Waals surface area contributed by atoms with E-state index in [2.05, 4.69) is 0 Å². The number of carbonyl (C=O) groups excluding carboxylic acids is 1. The summed E-state index contributed by atoms with van der Waals surface area (Å²) in [5.74, 6) is 1.42. The number of aromatic hydroxyl groups is 1. The molecule has 0 unspecified atom stereocenters. The highest BCUT2D eigenvalue weighted by Gasteiger charge is 2.31. The van der Waals surface area contributed by atoms with E-state index < -0.39 is 0 Å². The van der Waals surface area contributed by atoms with Crippen molar-refractivity contribution in [2.45, 2.75) is 6.42 Å². The van der Waals surface area contributed by atoms with Crippen molar-refractivity contribution >= 4 is 12.0 Å². The first-order valence-electron chi connectivity index (χ1n) is 9.58. The summed E-state index contributed by atoms with van der Waals surface area (Å²) in [6, 6.07) is 6.97. The van der Waals surface area contributed by atoms with Crippen LogP contribution in [0.1, 0.15) is 11.1 Å². The molecule has 1 saturated heterocycles. The first-order chi connectivity index (χ1) is 14.9. The van der Waals surface area contributed by atoms with Crippen molar-refractivity contribution in [2.75, 3.05) is 42.2 Å². The fraction of sp³-hybridized carbons (Fsp3) is 0.348. The lowest BCUT2D eigenvalue weighted by Gasteiger charge is -2.16. The molecule has 3 rings (SSSR count). The van der Waals surface area contributed by atoms with Gasteiger partial charge in [0.15, 0.2) is 23.0 Å². The molecule has 1 heterocycles. The highest BCUT2D eigenvalue weighted by molar-refractivity contribution is 5.96. The number of methoxy groups -OCH3 is 5. The Hall–Kier alpha value is -3.55. The van der Waals surface area contributed by atoms with Crippen molar-refractivity contribution in [1.82, 2.24) is 0 Å². The number of phenols is 1. The van der Waals surface area contributed by atoms with Gasteiger partial charge in [0.2, 0.25) is 11.5 Å². The highest BCUT2D eigenvalue weighted by atomic mass is 16.5. The van der Waals surface area contributed by atoms with E-state index in [4.69, 9.17) is 28.4 Å². The lowest BCUT2D eigenvalue weighted by atomic mass is 9.92. The van der Waals surface area contributed by atoms with Gasteiger partial charge in [-0.2, -0.15) is 0 Å². The number of hydrogen-bond acceptors (Lipinski definition) is 8. The van der Waals surface area contributed by atoms with Gasteiger partial charge >= 0.3 is 5.97 Å². The zero-order valence-electron chi connectivity index (χ0n) is 18.2. The van der Waals surface area contributed by atoms with E-state index >= 15 is 0 Å². The number of ether oxygens (including phenoxy) is 6. The Kier molecular flexibility index (Phi) is 6.79. The van der Waals surface area contributed by atoms with Crippen LogP contribution in [0.2, 0.25) is 0 Å². The molecular weight excluding hydrogens is 404 g/mol. The number of phenolic OH excluding ortho intramolecular Hbond substituents is 1. The summed E-state index contributed by atoms with van der Waals surface area (Å²) in [4.78, 5) is 12.4. The van der Waals surface area contributed by atoms with E-state index in [1.807, 2.05) is 12.1 Å². The van der Waals surface area contributed by atoms with Gasteiger partial charge in [0.25, 0.3) is 0 Å². The van der Waals surface area contributed by atoms with Crippen LogP contribution >= 0.6 is 0 Å². The summed E-state index contributed by atoms with van der Waals surface area (Å²) in [5.41, 5.74) is 2.07. The molecule has 2 aromatic carbocycles. The number of cyclic esters (lactones) is 1.